The molecule has 0 atom stereocenters. The highest BCUT2D eigenvalue weighted by Crippen LogP contribution is 2.17. The normalized spacial score (nSPS) is 10.4. The van der Waals surface area contributed by atoms with Crippen LogP contribution in [0.3, 0.4) is 0 Å². The Morgan fingerprint density at radius 2 is 1.96 bits per heavy atom. The molecule has 13 heteroatoms. The van der Waals surface area contributed by atoms with Gasteiger partial charge >= 0.3 is 5.97 Å². The predicted octanol–water partition coefficient (Wildman–Crippen LogP) is 0.00830. The van der Waals surface area contributed by atoms with Crippen molar-refractivity contribution in [1.82, 2.24) is 14.9 Å². The summed E-state index contributed by atoms with van der Waals surface area (Å²) in [5.74, 6) is 3.94. The molecule has 4 N–H and O–H groups in total. The minimum atomic E-state index is -1.08. The van der Waals surface area contributed by atoms with Crippen LogP contribution in [0.4, 0.5) is 11.4 Å². The second-order valence-electron chi connectivity index (χ2n) is 5.14. The first-order valence-electron chi connectivity index (χ1n) is 7.40. The van der Waals surface area contributed by atoms with Crippen molar-refractivity contribution in [2.24, 2.45) is 0 Å². The van der Waals surface area contributed by atoms with Crippen LogP contribution in [0.1, 0.15) is 12.1 Å². The number of nitrogen functional groups attached to an aromatic ring is 1. The summed E-state index contributed by atoms with van der Waals surface area (Å²) in [7, 11) is 0. The maximum absolute atomic E-state index is 12.0. The van der Waals surface area contributed by atoms with E-state index in [1.54, 1.807) is 0 Å². The van der Waals surface area contributed by atoms with E-state index in [2.05, 4.69) is 15.5 Å². The van der Waals surface area contributed by atoms with E-state index in [1.165, 1.54) is 24.3 Å². The summed E-state index contributed by atoms with van der Waals surface area (Å²) in [6, 6.07) is 5.27. The molecule has 12 nitrogen and oxygen atoms in total. The number of nitrogens with two attached hydrogens (primary N) is 1. The molecule has 0 radical (unpaired) electrons. The molecule has 2 aromatic rings. The summed E-state index contributed by atoms with van der Waals surface area (Å²) in [5, 5.41) is 29.1. The second-order valence-corrected chi connectivity index (χ2v) is 6.08. The Labute approximate surface area is 155 Å². The van der Waals surface area contributed by atoms with Crippen molar-refractivity contribution >= 4 is 35.0 Å². The highest BCUT2D eigenvalue weighted by Gasteiger charge is 2.14. The third-order valence-corrected chi connectivity index (χ3v) is 4.14. The molecule has 142 valence electrons. The van der Waals surface area contributed by atoms with Gasteiger partial charge in [0.2, 0.25) is 11.1 Å². The maximum atomic E-state index is 12.0. The van der Waals surface area contributed by atoms with Crippen molar-refractivity contribution in [1.29, 1.82) is 0 Å². The minimum absolute atomic E-state index is 0.0158. The first-order valence-corrected chi connectivity index (χ1v) is 8.39. The largest absolute Gasteiger partial charge is 0.481 e. The van der Waals surface area contributed by atoms with Crippen molar-refractivity contribution < 1.29 is 19.6 Å². The lowest BCUT2D eigenvalue weighted by Crippen LogP contribution is -2.34. The van der Waals surface area contributed by atoms with Gasteiger partial charge in [0.05, 0.1) is 17.1 Å². The van der Waals surface area contributed by atoms with Crippen LogP contribution in [-0.4, -0.2) is 42.5 Å². The van der Waals surface area contributed by atoms with E-state index >= 15 is 0 Å². The van der Waals surface area contributed by atoms with Crippen LogP contribution in [0.2, 0.25) is 0 Å². The monoisotopic (exact) mass is 394 g/mol. The molecule has 27 heavy (non-hydrogen) atoms. The minimum Gasteiger partial charge on any atom is -0.481 e. The molecule has 0 spiro atoms. The summed E-state index contributed by atoms with van der Waals surface area (Å²) in [4.78, 5) is 44.5. The zero-order valence-corrected chi connectivity index (χ0v) is 14.5. The Hall–Kier alpha value is -3.48. The third-order valence-electron chi connectivity index (χ3n) is 3.20. The number of non-ortho nitro benzene ring substituents is 1. The van der Waals surface area contributed by atoms with E-state index in [-0.39, 0.29) is 35.1 Å². The fourth-order valence-electron chi connectivity index (χ4n) is 1.89. The van der Waals surface area contributed by atoms with Gasteiger partial charge in [-0.3, -0.25) is 24.5 Å². The molecule has 0 aliphatic rings. The average Bonchev–Trinajstić information content (AvgIpc) is 2.62. The number of benzene rings is 1. The SMILES string of the molecule is Nn1c(SCC(=O)Nc2ccc([N+](=O)[O-])cc2)nnc(CCC(=O)O)c1=O. The Balaban J connectivity index is 1.96. The highest BCUT2D eigenvalue weighted by molar-refractivity contribution is 7.99. The summed E-state index contributed by atoms with van der Waals surface area (Å²) in [6.07, 6.45) is -0.391. The predicted molar refractivity (Wildman–Crippen MR) is 94.8 cm³/mol. The van der Waals surface area contributed by atoms with Crippen molar-refractivity contribution in [2.75, 3.05) is 16.9 Å². The van der Waals surface area contributed by atoms with E-state index in [4.69, 9.17) is 10.9 Å². The summed E-state index contributed by atoms with van der Waals surface area (Å²) in [5.41, 5.74) is -0.511. The number of hydrogen-bond acceptors (Lipinski definition) is 9. The molecule has 1 aromatic heterocycles. The number of thioether (sulfide) groups is 1. The van der Waals surface area contributed by atoms with Crippen LogP contribution in [0.15, 0.2) is 34.2 Å². The molecule has 2 rings (SSSR count). The molecular weight excluding hydrogens is 380 g/mol. The van der Waals surface area contributed by atoms with Crippen molar-refractivity contribution in [3.8, 4) is 0 Å². The number of anilines is 1. The van der Waals surface area contributed by atoms with E-state index < -0.39 is 22.4 Å². The summed E-state index contributed by atoms with van der Waals surface area (Å²) in [6.45, 7) is 0. The number of nitro benzene ring substituents is 1. The number of nitrogens with zero attached hydrogens (tertiary/aromatic N) is 4. The molecule has 0 unspecified atom stereocenters. The zero-order valence-electron chi connectivity index (χ0n) is 13.7. The number of aromatic nitrogens is 3. The van der Waals surface area contributed by atoms with Crippen LogP contribution < -0.4 is 16.7 Å². The topological polar surface area (TPSA) is 183 Å². The Morgan fingerprint density at radius 3 is 2.56 bits per heavy atom. The number of carboxylic acid groups (broad SMARTS) is 1. The van der Waals surface area contributed by atoms with E-state index in [1.807, 2.05) is 0 Å². The van der Waals surface area contributed by atoms with Gasteiger partial charge < -0.3 is 16.3 Å². The smallest absolute Gasteiger partial charge is 0.303 e. The molecule has 0 fully saturated rings. The van der Waals surface area contributed by atoms with Crippen molar-refractivity contribution in [2.45, 2.75) is 18.0 Å². The number of aliphatic carboxylic acids is 1. The first kappa shape index (κ1) is 19.8. The lowest BCUT2D eigenvalue weighted by Gasteiger charge is -2.07. The average molecular weight is 394 g/mol. The number of carbonyl (C=O) groups excluding carboxylic acids is 1. The molecule has 1 aromatic carbocycles. The number of nitrogens with one attached hydrogen (secondary N) is 1. The van der Waals surface area contributed by atoms with Gasteiger partial charge in [-0.25, -0.2) is 0 Å². The van der Waals surface area contributed by atoms with Crippen LogP contribution in [0, 0.1) is 10.1 Å². The number of nitro groups is 1. The molecule has 0 saturated heterocycles. The second kappa shape index (κ2) is 8.75. The van der Waals surface area contributed by atoms with Gasteiger partial charge in [0.25, 0.3) is 11.2 Å². The molecule has 0 aliphatic carbocycles. The highest BCUT2D eigenvalue weighted by atomic mass is 32.2. The zero-order chi connectivity index (χ0) is 20.0. The van der Waals surface area contributed by atoms with E-state index in [0.717, 1.165) is 11.8 Å². The quantitative estimate of drug-likeness (QED) is 0.238. The maximum Gasteiger partial charge on any atom is 0.303 e. The molecule has 0 aliphatic heterocycles. The molecule has 1 amide bonds. The van der Waals surface area contributed by atoms with Gasteiger partial charge in [0.1, 0.15) is 5.69 Å². The number of carboxylic acids is 1. The van der Waals surface area contributed by atoms with Crippen molar-refractivity contribution in [3.05, 3.63) is 50.4 Å². The van der Waals surface area contributed by atoms with Crippen LogP contribution in [0.25, 0.3) is 0 Å². The van der Waals surface area contributed by atoms with Gasteiger partial charge in [-0.2, -0.15) is 4.68 Å². The van der Waals surface area contributed by atoms with E-state index in [9.17, 15) is 24.5 Å². The molecule has 0 bridgehead atoms. The fraction of sp³-hybridized carbons (Fsp3) is 0.214. The molecule has 0 saturated carbocycles. The molecular formula is C14H14N6O6S. The Kier molecular flexibility index (Phi) is 6.43. The lowest BCUT2D eigenvalue weighted by atomic mass is 10.2. The number of aryl methyl sites for hydroxylation is 1. The number of hydrogen-bond donors (Lipinski definition) is 3. The van der Waals surface area contributed by atoms with Gasteiger partial charge in [0.15, 0.2) is 0 Å². The van der Waals surface area contributed by atoms with Gasteiger partial charge in [-0.15, -0.1) is 10.2 Å². The van der Waals surface area contributed by atoms with Crippen LogP contribution in [0.5, 0.6) is 0 Å². The Bertz CT molecular complexity index is 929. The molecule has 1 heterocycles. The first-order chi connectivity index (χ1) is 12.8. The van der Waals surface area contributed by atoms with E-state index in [0.29, 0.717) is 10.4 Å². The van der Waals surface area contributed by atoms with Gasteiger partial charge in [0, 0.05) is 24.2 Å². The van der Waals surface area contributed by atoms with Crippen LogP contribution >= 0.6 is 11.8 Å². The number of carbonyl (C=O) groups is 2. The fourth-order valence-corrected chi connectivity index (χ4v) is 2.55. The third kappa shape index (κ3) is 5.50. The lowest BCUT2D eigenvalue weighted by molar-refractivity contribution is -0.384. The standard InChI is InChI=1S/C14H14N6O6S/c15-19-13(24)10(5-6-12(22)23)17-18-14(19)27-7-11(21)16-8-1-3-9(4-2-8)20(25)26/h1-4H,5-7,15H2,(H,16,21)(H,22,23). The van der Waals surface area contributed by atoms with Crippen molar-refractivity contribution in [3.63, 3.8) is 0 Å². The van der Waals surface area contributed by atoms with Gasteiger partial charge in [-0.1, -0.05) is 11.8 Å². The summed E-state index contributed by atoms with van der Waals surface area (Å²) < 4.78 is 0.702. The number of amides is 1. The summed E-state index contributed by atoms with van der Waals surface area (Å²) >= 11 is 0.857. The van der Waals surface area contributed by atoms with Gasteiger partial charge in [-0.05, 0) is 12.1 Å². The number of rotatable bonds is 8. The Morgan fingerprint density at radius 1 is 1.30 bits per heavy atom. The van der Waals surface area contributed by atoms with Crippen LogP contribution in [-0.2, 0) is 16.0 Å².